The lowest BCUT2D eigenvalue weighted by atomic mass is 9.61. The SMILES string of the molecule is CC#C[C@]1(O)CCC2C3CCC4=CC(=O)CCC4=C3[C@H](c3ccc(OC)cc3)OC[C@@]21C. The van der Waals surface area contributed by atoms with Crippen molar-refractivity contribution in [3.8, 4) is 17.6 Å². The van der Waals surface area contributed by atoms with Crippen molar-refractivity contribution >= 4 is 5.78 Å². The monoisotopic (exact) mass is 432 g/mol. The molecule has 4 aliphatic rings. The predicted molar refractivity (Wildman–Crippen MR) is 123 cm³/mol. The Hall–Kier alpha value is -2.35. The summed E-state index contributed by atoms with van der Waals surface area (Å²) in [5.41, 5.74) is 3.49. The lowest BCUT2D eigenvalue weighted by Gasteiger charge is -2.42. The molecule has 4 heteroatoms. The van der Waals surface area contributed by atoms with Gasteiger partial charge in [0.05, 0.1) is 13.7 Å². The zero-order valence-electron chi connectivity index (χ0n) is 19.2. The van der Waals surface area contributed by atoms with Crippen LogP contribution in [0.5, 0.6) is 5.75 Å². The molecule has 1 aromatic rings. The normalized spacial score (nSPS) is 36.2. The summed E-state index contributed by atoms with van der Waals surface area (Å²) in [6.45, 7) is 4.44. The van der Waals surface area contributed by atoms with Crippen molar-refractivity contribution in [1.82, 2.24) is 0 Å². The second-order valence-corrected chi connectivity index (χ2v) is 9.98. The molecule has 5 rings (SSSR count). The Morgan fingerprint density at radius 3 is 2.66 bits per heavy atom. The molecule has 0 bridgehead atoms. The Morgan fingerprint density at radius 1 is 1.16 bits per heavy atom. The molecule has 1 aromatic carbocycles. The van der Waals surface area contributed by atoms with Crippen LogP contribution < -0.4 is 4.74 Å². The predicted octanol–water partition coefficient (Wildman–Crippen LogP) is 4.93. The van der Waals surface area contributed by atoms with Gasteiger partial charge in [0, 0.05) is 11.8 Å². The van der Waals surface area contributed by atoms with Crippen molar-refractivity contribution in [3.05, 3.63) is 52.6 Å². The van der Waals surface area contributed by atoms with Crippen molar-refractivity contribution in [2.45, 2.75) is 64.1 Å². The van der Waals surface area contributed by atoms with Crippen LogP contribution in [0.1, 0.15) is 64.0 Å². The Kier molecular flexibility index (Phi) is 5.31. The van der Waals surface area contributed by atoms with Crippen LogP contribution in [0, 0.1) is 29.1 Å². The molecule has 1 aliphatic heterocycles. The first kappa shape index (κ1) is 21.5. The lowest BCUT2D eigenvalue weighted by molar-refractivity contribution is -0.114. The molecule has 1 N–H and O–H groups in total. The van der Waals surface area contributed by atoms with Crippen LogP contribution >= 0.6 is 0 Å². The molecule has 1 heterocycles. The van der Waals surface area contributed by atoms with Crippen molar-refractivity contribution < 1.29 is 19.4 Å². The summed E-state index contributed by atoms with van der Waals surface area (Å²) < 4.78 is 12.1. The second-order valence-electron chi connectivity index (χ2n) is 9.98. The van der Waals surface area contributed by atoms with E-state index in [1.54, 1.807) is 14.0 Å². The van der Waals surface area contributed by atoms with Crippen LogP contribution in [0.25, 0.3) is 0 Å². The minimum absolute atomic E-state index is 0.181. The van der Waals surface area contributed by atoms with Crippen molar-refractivity contribution in [2.75, 3.05) is 13.7 Å². The summed E-state index contributed by atoms with van der Waals surface area (Å²) in [6, 6.07) is 8.13. The fourth-order valence-electron chi connectivity index (χ4n) is 6.74. The molecule has 3 aliphatic carbocycles. The molecule has 2 unspecified atom stereocenters. The summed E-state index contributed by atoms with van der Waals surface area (Å²) in [5.74, 6) is 7.81. The average molecular weight is 433 g/mol. The maximum Gasteiger partial charge on any atom is 0.156 e. The van der Waals surface area contributed by atoms with Gasteiger partial charge in [-0.15, -0.1) is 5.92 Å². The van der Waals surface area contributed by atoms with Gasteiger partial charge < -0.3 is 14.6 Å². The molecule has 168 valence electrons. The third kappa shape index (κ3) is 3.17. The van der Waals surface area contributed by atoms with Gasteiger partial charge in [-0.3, -0.25) is 4.79 Å². The number of hydrogen-bond donors (Lipinski definition) is 1. The maximum absolute atomic E-state index is 12.2. The molecule has 2 fully saturated rings. The molecule has 0 spiro atoms. The topological polar surface area (TPSA) is 55.8 Å². The van der Waals surface area contributed by atoms with E-state index in [9.17, 15) is 9.90 Å². The van der Waals surface area contributed by atoms with Crippen molar-refractivity contribution in [2.24, 2.45) is 17.3 Å². The van der Waals surface area contributed by atoms with Gasteiger partial charge in [-0.05, 0) is 91.4 Å². The van der Waals surface area contributed by atoms with Gasteiger partial charge >= 0.3 is 0 Å². The fourth-order valence-corrected chi connectivity index (χ4v) is 6.74. The van der Waals surface area contributed by atoms with Gasteiger partial charge in [0.15, 0.2) is 5.78 Å². The zero-order chi connectivity index (χ0) is 22.5. The molecule has 0 radical (unpaired) electrons. The van der Waals surface area contributed by atoms with E-state index in [0.29, 0.717) is 31.3 Å². The number of ketones is 1. The van der Waals surface area contributed by atoms with Gasteiger partial charge in [0.25, 0.3) is 0 Å². The number of hydrogen-bond acceptors (Lipinski definition) is 4. The van der Waals surface area contributed by atoms with E-state index in [4.69, 9.17) is 9.47 Å². The maximum atomic E-state index is 12.2. The molecular weight excluding hydrogens is 400 g/mol. The molecule has 1 saturated carbocycles. The Labute approximate surface area is 190 Å². The van der Waals surface area contributed by atoms with Gasteiger partial charge in [0.2, 0.25) is 0 Å². The van der Waals surface area contributed by atoms with Gasteiger partial charge in [-0.25, -0.2) is 0 Å². The average Bonchev–Trinajstić information content (AvgIpc) is 2.96. The van der Waals surface area contributed by atoms with Crippen LogP contribution in [-0.4, -0.2) is 30.2 Å². The van der Waals surface area contributed by atoms with Crippen LogP contribution in [0.2, 0.25) is 0 Å². The van der Waals surface area contributed by atoms with Crippen LogP contribution in [0.15, 0.2) is 47.1 Å². The highest BCUT2D eigenvalue weighted by atomic mass is 16.5. The Balaban J connectivity index is 1.67. The first-order valence-electron chi connectivity index (χ1n) is 11.8. The highest BCUT2D eigenvalue weighted by molar-refractivity contribution is 5.93. The van der Waals surface area contributed by atoms with E-state index in [2.05, 4.69) is 30.9 Å². The van der Waals surface area contributed by atoms with Crippen LogP contribution in [-0.2, 0) is 9.53 Å². The number of ether oxygens (including phenoxy) is 2. The highest BCUT2D eigenvalue weighted by Gasteiger charge is 2.61. The van der Waals surface area contributed by atoms with E-state index in [1.165, 1.54) is 16.7 Å². The third-order valence-corrected chi connectivity index (χ3v) is 8.47. The van der Waals surface area contributed by atoms with Crippen LogP contribution in [0.3, 0.4) is 0 Å². The molecule has 1 saturated heterocycles. The third-order valence-electron chi connectivity index (χ3n) is 8.47. The minimum atomic E-state index is -1.03. The molecule has 5 atom stereocenters. The summed E-state index contributed by atoms with van der Waals surface area (Å²) in [6.07, 6.45) is 6.58. The van der Waals surface area contributed by atoms with Crippen molar-refractivity contribution in [1.29, 1.82) is 0 Å². The zero-order valence-corrected chi connectivity index (χ0v) is 19.2. The minimum Gasteiger partial charge on any atom is -0.497 e. The van der Waals surface area contributed by atoms with E-state index >= 15 is 0 Å². The number of carbonyl (C=O) groups excluding carboxylic acids is 1. The standard InChI is InChI=1S/C28H32O4/c1-4-14-28(30)15-13-24-23-11-7-19-16-20(29)8-12-22(19)25(23)26(32-17-27(24,28)2)18-5-9-21(31-3)10-6-18/h5-6,9-10,16,23-24,26,30H,7-8,11-13,15,17H2,1-3H3/t23?,24?,26-,27-,28-/m0/s1. The molecule has 0 aromatic heterocycles. The summed E-state index contributed by atoms with van der Waals surface area (Å²) in [4.78, 5) is 12.2. The lowest BCUT2D eigenvalue weighted by Crippen LogP contribution is -2.48. The molecule has 0 amide bonds. The Morgan fingerprint density at radius 2 is 1.94 bits per heavy atom. The van der Waals surface area contributed by atoms with Crippen molar-refractivity contribution in [3.63, 3.8) is 0 Å². The second kappa shape index (κ2) is 7.90. The Bertz CT molecular complexity index is 1050. The quantitative estimate of drug-likeness (QED) is 0.673. The summed E-state index contributed by atoms with van der Waals surface area (Å²) in [5, 5.41) is 11.6. The van der Waals surface area contributed by atoms with E-state index in [1.807, 2.05) is 18.2 Å². The number of allylic oxidation sites excluding steroid dienone is 3. The summed E-state index contributed by atoms with van der Waals surface area (Å²) >= 11 is 0. The first-order valence-corrected chi connectivity index (χ1v) is 11.8. The van der Waals surface area contributed by atoms with E-state index < -0.39 is 11.0 Å². The number of methoxy groups -OCH3 is 1. The number of fused-ring (bicyclic) bond motifs is 4. The molecular formula is C28H32O4. The largest absolute Gasteiger partial charge is 0.497 e. The van der Waals surface area contributed by atoms with E-state index in [0.717, 1.165) is 37.0 Å². The van der Waals surface area contributed by atoms with Gasteiger partial charge in [-0.2, -0.15) is 0 Å². The van der Waals surface area contributed by atoms with Gasteiger partial charge in [-0.1, -0.05) is 25.0 Å². The highest BCUT2D eigenvalue weighted by Crippen LogP contribution is 2.61. The van der Waals surface area contributed by atoms with E-state index in [-0.39, 0.29) is 11.9 Å². The van der Waals surface area contributed by atoms with Crippen LogP contribution in [0.4, 0.5) is 0 Å². The fraction of sp³-hybridized carbons (Fsp3) is 0.536. The van der Waals surface area contributed by atoms with Gasteiger partial charge in [0.1, 0.15) is 17.5 Å². The number of carbonyl (C=O) groups is 1. The summed E-state index contributed by atoms with van der Waals surface area (Å²) in [7, 11) is 1.67. The number of rotatable bonds is 2. The molecule has 4 nitrogen and oxygen atoms in total. The smallest absolute Gasteiger partial charge is 0.156 e. The number of benzene rings is 1. The first-order chi connectivity index (χ1) is 15.4. The molecule has 32 heavy (non-hydrogen) atoms. The number of aliphatic hydroxyl groups is 1.